The quantitative estimate of drug-likeness (QED) is 0.673. The largest absolute Gasteiger partial charge is 0.484 e. The molecule has 0 radical (unpaired) electrons. The Kier molecular flexibility index (Phi) is 5.48. The monoisotopic (exact) mass is 292 g/mol. The predicted octanol–water partition coefficient (Wildman–Crippen LogP) is 0.910. The molecule has 0 aliphatic carbocycles. The van der Waals surface area contributed by atoms with Crippen LogP contribution in [-0.4, -0.2) is 29.5 Å². The van der Waals surface area contributed by atoms with Crippen LogP contribution in [0.4, 0.5) is 5.69 Å². The number of carboxylic acid groups (broad SMARTS) is 1. The molecule has 4 N–H and O–H groups in total. The summed E-state index contributed by atoms with van der Waals surface area (Å²) in [6.07, 6.45) is 0. The Hall–Kier alpha value is -2.83. The Bertz CT molecular complexity index is 607. The molecule has 7 nitrogen and oxygen atoms in total. The Balaban J connectivity index is 2.82. The second kappa shape index (κ2) is 7.09. The summed E-state index contributed by atoms with van der Waals surface area (Å²) in [4.78, 5) is 33.3. The molecular weight excluding hydrogens is 276 g/mol. The summed E-state index contributed by atoms with van der Waals surface area (Å²) in [5.41, 5.74) is 5.45. The zero-order valence-corrected chi connectivity index (χ0v) is 11.7. The van der Waals surface area contributed by atoms with Gasteiger partial charge in [0.2, 0.25) is 0 Å². The first-order valence-electron chi connectivity index (χ1n) is 6.04. The van der Waals surface area contributed by atoms with E-state index in [-0.39, 0.29) is 17.8 Å². The SMILES string of the molecule is CC(C(=O)O)=C(C)C(=O)Nc1cccc(OCC(N)=O)c1. The molecule has 1 rings (SSSR count). The van der Waals surface area contributed by atoms with Gasteiger partial charge in [-0.25, -0.2) is 4.79 Å². The molecule has 2 amide bonds. The van der Waals surface area contributed by atoms with Crippen molar-refractivity contribution in [3.05, 3.63) is 35.4 Å². The summed E-state index contributed by atoms with van der Waals surface area (Å²) in [6, 6.07) is 6.33. The van der Waals surface area contributed by atoms with Crippen LogP contribution in [0.15, 0.2) is 35.4 Å². The number of carboxylic acids is 1. The van der Waals surface area contributed by atoms with Gasteiger partial charge in [-0.3, -0.25) is 9.59 Å². The van der Waals surface area contributed by atoms with Gasteiger partial charge < -0.3 is 20.9 Å². The number of nitrogens with two attached hydrogens (primary N) is 1. The highest BCUT2D eigenvalue weighted by Gasteiger charge is 2.13. The Morgan fingerprint density at radius 2 is 1.90 bits per heavy atom. The summed E-state index contributed by atoms with van der Waals surface area (Å²) in [7, 11) is 0. The number of primary amides is 1. The fourth-order valence-corrected chi connectivity index (χ4v) is 1.37. The molecule has 0 saturated carbocycles. The number of amides is 2. The van der Waals surface area contributed by atoms with Crippen LogP contribution in [-0.2, 0) is 14.4 Å². The molecule has 0 unspecified atom stereocenters. The summed E-state index contributed by atoms with van der Waals surface area (Å²) in [6.45, 7) is 2.50. The zero-order chi connectivity index (χ0) is 16.0. The van der Waals surface area contributed by atoms with Crippen LogP contribution in [0.2, 0.25) is 0 Å². The normalized spacial score (nSPS) is 11.3. The fraction of sp³-hybridized carbons (Fsp3) is 0.214. The Labute approximate surface area is 121 Å². The van der Waals surface area contributed by atoms with Crippen LogP contribution in [0.25, 0.3) is 0 Å². The van der Waals surface area contributed by atoms with Gasteiger partial charge in [0, 0.05) is 22.9 Å². The van der Waals surface area contributed by atoms with E-state index >= 15 is 0 Å². The first-order chi connectivity index (χ1) is 9.81. The number of hydrogen-bond acceptors (Lipinski definition) is 4. The molecule has 0 bridgehead atoms. The van der Waals surface area contributed by atoms with Crippen LogP contribution < -0.4 is 15.8 Å². The first kappa shape index (κ1) is 16.2. The number of carbonyl (C=O) groups is 3. The minimum atomic E-state index is -1.15. The predicted molar refractivity (Wildman–Crippen MR) is 75.8 cm³/mol. The molecule has 0 atom stereocenters. The highest BCUT2D eigenvalue weighted by atomic mass is 16.5. The smallest absolute Gasteiger partial charge is 0.331 e. The van der Waals surface area contributed by atoms with Crippen molar-refractivity contribution < 1.29 is 24.2 Å². The molecule has 0 spiro atoms. The fourth-order valence-electron chi connectivity index (χ4n) is 1.37. The van der Waals surface area contributed by atoms with Gasteiger partial charge in [0.05, 0.1) is 0 Å². The Morgan fingerprint density at radius 3 is 2.48 bits per heavy atom. The molecule has 0 aromatic heterocycles. The lowest BCUT2D eigenvalue weighted by atomic mass is 10.1. The highest BCUT2D eigenvalue weighted by molar-refractivity contribution is 6.08. The van der Waals surface area contributed by atoms with Crippen LogP contribution in [0.3, 0.4) is 0 Å². The highest BCUT2D eigenvalue weighted by Crippen LogP contribution is 2.18. The maximum absolute atomic E-state index is 11.9. The van der Waals surface area contributed by atoms with Crippen molar-refractivity contribution in [1.82, 2.24) is 0 Å². The summed E-state index contributed by atoms with van der Waals surface area (Å²) >= 11 is 0. The van der Waals surface area contributed by atoms with Crippen molar-refractivity contribution in [3.63, 3.8) is 0 Å². The number of hydrogen-bond donors (Lipinski definition) is 3. The molecule has 1 aromatic rings. The van der Waals surface area contributed by atoms with E-state index in [9.17, 15) is 14.4 Å². The number of benzene rings is 1. The molecule has 0 aliphatic heterocycles. The van der Waals surface area contributed by atoms with Crippen molar-refractivity contribution in [3.8, 4) is 5.75 Å². The van der Waals surface area contributed by atoms with Gasteiger partial charge in [-0.15, -0.1) is 0 Å². The van der Waals surface area contributed by atoms with Crippen LogP contribution in [0, 0.1) is 0 Å². The third-order valence-electron chi connectivity index (χ3n) is 2.70. The van der Waals surface area contributed by atoms with Crippen molar-refractivity contribution >= 4 is 23.5 Å². The molecule has 112 valence electrons. The lowest BCUT2D eigenvalue weighted by Crippen LogP contribution is -2.20. The van der Waals surface area contributed by atoms with Crippen LogP contribution in [0.5, 0.6) is 5.75 Å². The van der Waals surface area contributed by atoms with Gasteiger partial charge >= 0.3 is 5.97 Å². The van der Waals surface area contributed by atoms with E-state index < -0.39 is 17.8 Å². The van der Waals surface area contributed by atoms with Crippen molar-refractivity contribution in [1.29, 1.82) is 0 Å². The average molecular weight is 292 g/mol. The number of anilines is 1. The van der Waals surface area contributed by atoms with E-state index in [4.69, 9.17) is 15.6 Å². The molecule has 0 aliphatic rings. The summed E-state index contributed by atoms with van der Waals surface area (Å²) in [5.74, 6) is -1.92. The third kappa shape index (κ3) is 4.98. The van der Waals surface area contributed by atoms with Crippen molar-refractivity contribution in [2.24, 2.45) is 5.73 Å². The Morgan fingerprint density at radius 1 is 1.24 bits per heavy atom. The number of carbonyl (C=O) groups excluding carboxylic acids is 2. The topological polar surface area (TPSA) is 119 Å². The second-order valence-electron chi connectivity index (χ2n) is 4.29. The molecule has 1 aromatic carbocycles. The number of nitrogens with one attached hydrogen (secondary N) is 1. The first-order valence-corrected chi connectivity index (χ1v) is 6.04. The van der Waals surface area contributed by atoms with Gasteiger partial charge in [0.25, 0.3) is 11.8 Å². The van der Waals surface area contributed by atoms with Crippen LogP contribution in [0.1, 0.15) is 13.8 Å². The van der Waals surface area contributed by atoms with Gasteiger partial charge in [-0.05, 0) is 26.0 Å². The van der Waals surface area contributed by atoms with E-state index in [0.29, 0.717) is 11.4 Å². The maximum atomic E-state index is 11.9. The van der Waals surface area contributed by atoms with Crippen molar-refractivity contribution in [2.75, 3.05) is 11.9 Å². The van der Waals surface area contributed by atoms with Crippen LogP contribution >= 0.6 is 0 Å². The molecule has 0 fully saturated rings. The van der Waals surface area contributed by atoms with Gasteiger partial charge in [-0.1, -0.05) is 6.07 Å². The summed E-state index contributed by atoms with van der Waals surface area (Å²) in [5, 5.41) is 11.4. The standard InChI is InChI=1S/C14H16N2O5/c1-8(9(2)14(19)20)13(18)16-10-4-3-5-11(6-10)21-7-12(15)17/h3-6H,7H2,1-2H3,(H2,15,17)(H,16,18)(H,19,20). The van der Waals surface area contributed by atoms with Gasteiger partial charge in [0.15, 0.2) is 6.61 Å². The lowest BCUT2D eigenvalue weighted by molar-refractivity contribution is -0.133. The minimum Gasteiger partial charge on any atom is -0.484 e. The lowest BCUT2D eigenvalue weighted by Gasteiger charge is -2.09. The number of ether oxygens (including phenoxy) is 1. The van der Waals surface area contributed by atoms with E-state index in [1.54, 1.807) is 18.2 Å². The van der Waals surface area contributed by atoms with Gasteiger partial charge in [0.1, 0.15) is 5.75 Å². The molecule has 21 heavy (non-hydrogen) atoms. The van der Waals surface area contributed by atoms with E-state index in [0.717, 1.165) is 0 Å². The van der Waals surface area contributed by atoms with E-state index in [2.05, 4.69) is 5.32 Å². The van der Waals surface area contributed by atoms with Gasteiger partial charge in [-0.2, -0.15) is 0 Å². The van der Waals surface area contributed by atoms with Crippen molar-refractivity contribution in [2.45, 2.75) is 13.8 Å². The van der Waals surface area contributed by atoms with E-state index in [1.807, 2.05) is 0 Å². The maximum Gasteiger partial charge on any atom is 0.331 e. The second-order valence-corrected chi connectivity index (χ2v) is 4.29. The average Bonchev–Trinajstić information content (AvgIpc) is 2.43. The number of rotatable bonds is 6. The third-order valence-corrected chi connectivity index (χ3v) is 2.70. The minimum absolute atomic E-state index is 0.0337. The molecule has 0 heterocycles. The molecular formula is C14H16N2O5. The van der Waals surface area contributed by atoms with E-state index in [1.165, 1.54) is 19.9 Å². The molecule has 7 heteroatoms. The molecule has 0 saturated heterocycles. The summed E-state index contributed by atoms with van der Waals surface area (Å²) < 4.78 is 5.10. The number of aliphatic carboxylic acids is 1. The zero-order valence-electron chi connectivity index (χ0n) is 11.7.